The molecule has 0 radical (unpaired) electrons. The van der Waals surface area contributed by atoms with Crippen LogP contribution in [0.5, 0.6) is 0 Å². The van der Waals surface area contributed by atoms with Gasteiger partial charge in [0.05, 0.1) is 16.6 Å². The number of nitrogens with two attached hydrogens (primary N) is 1. The average Bonchev–Trinajstić information content (AvgIpc) is 3.42. The van der Waals surface area contributed by atoms with Gasteiger partial charge in [0.1, 0.15) is 0 Å². The van der Waals surface area contributed by atoms with Crippen molar-refractivity contribution >= 4 is 26.8 Å². The van der Waals surface area contributed by atoms with E-state index in [4.69, 9.17) is 5.73 Å². The first-order valence-electron chi connectivity index (χ1n) is 9.34. The van der Waals surface area contributed by atoms with Gasteiger partial charge in [-0.15, -0.1) is 0 Å². The van der Waals surface area contributed by atoms with Gasteiger partial charge in [-0.2, -0.15) is 0 Å². The largest absolute Gasteiger partial charge is 0.328 e. The highest BCUT2D eigenvalue weighted by Gasteiger charge is 2.20. The lowest BCUT2D eigenvalue weighted by Gasteiger charge is -2.07. The summed E-state index contributed by atoms with van der Waals surface area (Å²) in [5, 5.41) is 0. The summed E-state index contributed by atoms with van der Waals surface area (Å²) in [6.07, 6.45) is 11.8. The molecule has 0 spiro atoms. The van der Waals surface area contributed by atoms with Crippen LogP contribution in [0.25, 0.3) is 16.8 Å². The molecular formula is C20H23N5O2S. The number of hydrogen-bond acceptors (Lipinski definition) is 5. The van der Waals surface area contributed by atoms with Gasteiger partial charge in [-0.05, 0) is 38.0 Å². The SMILES string of the molecule is Cc1ccc(S(=O)(=O)n2ccc3c2ncc2nccn23)cc1.NC1CCCC1. The summed E-state index contributed by atoms with van der Waals surface area (Å²) in [7, 11) is -3.67. The van der Waals surface area contributed by atoms with Gasteiger partial charge in [-0.1, -0.05) is 30.5 Å². The summed E-state index contributed by atoms with van der Waals surface area (Å²) in [6.45, 7) is 1.92. The van der Waals surface area contributed by atoms with E-state index < -0.39 is 10.0 Å². The molecule has 0 atom stereocenters. The summed E-state index contributed by atoms with van der Waals surface area (Å²) in [6, 6.07) is 9.03. The fourth-order valence-electron chi connectivity index (χ4n) is 3.42. The van der Waals surface area contributed by atoms with E-state index in [9.17, 15) is 8.42 Å². The van der Waals surface area contributed by atoms with Crippen molar-refractivity contribution in [3.8, 4) is 0 Å². The Balaban J connectivity index is 0.000000275. The van der Waals surface area contributed by atoms with Crippen molar-refractivity contribution in [3.05, 3.63) is 60.7 Å². The number of fused-ring (bicyclic) bond motifs is 3. The van der Waals surface area contributed by atoms with Crippen LogP contribution < -0.4 is 5.73 Å². The lowest BCUT2D eigenvalue weighted by Crippen LogP contribution is -2.13. The van der Waals surface area contributed by atoms with E-state index in [0.29, 0.717) is 22.9 Å². The monoisotopic (exact) mass is 397 g/mol. The van der Waals surface area contributed by atoms with E-state index in [-0.39, 0.29) is 4.90 Å². The maximum atomic E-state index is 12.8. The molecule has 28 heavy (non-hydrogen) atoms. The first-order valence-corrected chi connectivity index (χ1v) is 10.8. The molecule has 1 saturated carbocycles. The summed E-state index contributed by atoms with van der Waals surface area (Å²) < 4.78 is 28.6. The quantitative estimate of drug-likeness (QED) is 0.561. The van der Waals surface area contributed by atoms with Gasteiger partial charge in [-0.25, -0.2) is 22.4 Å². The normalized spacial score (nSPS) is 15.1. The number of nitrogens with zero attached hydrogens (tertiary/aromatic N) is 4. The summed E-state index contributed by atoms with van der Waals surface area (Å²) >= 11 is 0. The predicted octanol–water partition coefficient (Wildman–Crippen LogP) is 3.12. The van der Waals surface area contributed by atoms with Crippen LogP contribution in [0.4, 0.5) is 0 Å². The molecule has 3 aromatic heterocycles. The first kappa shape index (κ1) is 18.6. The second-order valence-electron chi connectivity index (χ2n) is 7.10. The third kappa shape index (κ3) is 3.41. The van der Waals surface area contributed by atoms with E-state index >= 15 is 0 Å². The van der Waals surface area contributed by atoms with Crippen LogP contribution in [0.1, 0.15) is 31.2 Å². The molecule has 0 amide bonds. The third-order valence-electron chi connectivity index (χ3n) is 5.01. The molecule has 1 aromatic carbocycles. The van der Waals surface area contributed by atoms with E-state index in [0.717, 1.165) is 5.56 Å². The predicted molar refractivity (Wildman–Crippen MR) is 109 cm³/mol. The highest BCUT2D eigenvalue weighted by atomic mass is 32.2. The van der Waals surface area contributed by atoms with Gasteiger partial charge < -0.3 is 5.73 Å². The Hall–Kier alpha value is -2.71. The molecule has 7 nitrogen and oxygen atoms in total. The zero-order chi connectivity index (χ0) is 19.7. The van der Waals surface area contributed by atoms with Crippen LogP contribution in [0.2, 0.25) is 0 Å². The fraction of sp³-hybridized carbons (Fsp3) is 0.300. The number of rotatable bonds is 2. The molecule has 1 aliphatic rings. The van der Waals surface area contributed by atoms with Crippen molar-refractivity contribution in [2.24, 2.45) is 5.73 Å². The number of aryl methyl sites for hydroxylation is 1. The molecule has 0 saturated heterocycles. The molecule has 4 aromatic rings. The zero-order valence-electron chi connectivity index (χ0n) is 15.7. The lowest BCUT2D eigenvalue weighted by molar-refractivity contribution is 0.588. The van der Waals surface area contributed by atoms with Crippen molar-refractivity contribution in [1.29, 1.82) is 0 Å². The standard InChI is InChI=1S/C15H12N4O2S.C5H11N/c1-11-2-4-12(5-3-11)22(20,21)19-8-6-13-15(19)17-10-14-16-7-9-18(13)14;6-5-3-1-2-4-5/h2-10H,1H3;5H,1-4,6H2. The Morgan fingerprint density at radius 2 is 1.75 bits per heavy atom. The van der Waals surface area contributed by atoms with Crippen molar-refractivity contribution in [1.82, 2.24) is 18.3 Å². The van der Waals surface area contributed by atoms with E-state index in [1.165, 1.54) is 35.9 Å². The smallest absolute Gasteiger partial charge is 0.269 e. The maximum absolute atomic E-state index is 12.8. The fourth-order valence-corrected chi connectivity index (χ4v) is 4.71. The van der Waals surface area contributed by atoms with E-state index in [2.05, 4.69) is 9.97 Å². The molecule has 0 bridgehead atoms. The zero-order valence-corrected chi connectivity index (χ0v) is 16.5. The van der Waals surface area contributed by atoms with Crippen LogP contribution in [0.3, 0.4) is 0 Å². The van der Waals surface area contributed by atoms with Gasteiger partial charge in [0.2, 0.25) is 0 Å². The molecular weight excluding hydrogens is 374 g/mol. The number of imidazole rings is 1. The molecule has 146 valence electrons. The minimum atomic E-state index is -3.67. The Morgan fingerprint density at radius 3 is 2.39 bits per heavy atom. The Morgan fingerprint density at radius 1 is 1.04 bits per heavy atom. The summed E-state index contributed by atoms with van der Waals surface area (Å²) in [4.78, 5) is 8.64. The molecule has 1 aliphatic carbocycles. The van der Waals surface area contributed by atoms with Crippen molar-refractivity contribution in [3.63, 3.8) is 0 Å². The van der Waals surface area contributed by atoms with E-state index in [1.807, 2.05) is 11.3 Å². The van der Waals surface area contributed by atoms with Gasteiger partial charge in [0.15, 0.2) is 11.3 Å². The van der Waals surface area contributed by atoms with E-state index in [1.54, 1.807) is 48.9 Å². The van der Waals surface area contributed by atoms with Crippen molar-refractivity contribution < 1.29 is 8.42 Å². The number of benzene rings is 1. The first-order chi connectivity index (χ1) is 13.5. The topological polar surface area (TPSA) is 95.3 Å². The average molecular weight is 398 g/mol. The van der Waals surface area contributed by atoms with Crippen LogP contribution in [-0.2, 0) is 10.0 Å². The highest BCUT2D eigenvalue weighted by molar-refractivity contribution is 7.90. The lowest BCUT2D eigenvalue weighted by atomic mass is 10.2. The molecule has 5 rings (SSSR count). The van der Waals surface area contributed by atoms with Crippen LogP contribution >= 0.6 is 0 Å². The van der Waals surface area contributed by atoms with Gasteiger partial charge in [-0.3, -0.25) is 4.40 Å². The maximum Gasteiger partial charge on any atom is 0.269 e. The molecule has 0 aliphatic heterocycles. The number of hydrogen-bond donors (Lipinski definition) is 1. The Bertz CT molecular complexity index is 1200. The highest BCUT2D eigenvalue weighted by Crippen LogP contribution is 2.21. The molecule has 8 heteroatoms. The second kappa shape index (κ2) is 7.37. The van der Waals surface area contributed by atoms with Crippen molar-refractivity contribution in [2.75, 3.05) is 0 Å². The molecule has 2 N–H and O–H groups in total. The molecule has 1 fully saturated rings. The van der Waals surface area contributed by atoms with Crippen LogP contribution in [-0.4, -0.2) is 32.8 Å². The minimum Gasteiger partial charge on any atom is -0.328 e. The molecule has 3 heterocycles. The third-order valence-corrected chi connectivity index (χ3v) is 6.69. The van der Waals surface area contributed by atoms with Crippen molar-refractivity contribution in [2.45, 2.75) is 43.5 Å². The summed E-state index contributed by atoms with van der Waals surface area (Å²) in [5.41, 5.74) is 8.30. The van der Waals surface area contributed by atoms with Gasteiger partial charge in [0.25, 0.3) is 10.0 Å². The Labute approximate surface area is 163 Å². The van der Waals surface area contributed by atoms with Crippen LogP contribution in [0, 0.1) is 6.92 Å². The summed E-state index contributed by atoms with van der Waals surface area (Å²) in [5.74, 6) is 0. The minimum absolute atomic E-state index is 0.239. The second-order valence-corrected chi connectivity index (χ2v) is 8.91. The molecule has 0 unspecified atom stereocenters. The Kier molecular flexibility index (Phi) is 4.91. The van der Waals surface area contributed by atoms with Gasteiger partial charge >= 0.3 is 0 Å². The van der Waals surface area contributed by atoms with Crippen LogP contribution in [0.15, 0.2) is 60.0 Å². The number of aromatic nitrogens is 4. The van der Waals surface area contributed by atoms with Gasteiger partial charge in [0, 0.05) is 24.6 Å².